The Labute approximate surface area is 111 Å². The van der Waals surface area contributed by atoms with Crippen molar-refractivity contribution in [2.45, 2.75) is 13.8 Å². The zero-order valence-corrected chi connectivity index (χ0v) is 10.9. The Hall–Kier alpha value is -2.16. The summed E-state index contributed by atoms with van der Waals surface area (Å²) in [6.07, 6.45) is 0. The molecule has 19 heavy (non-hydrogen) atoms. The van der Waals surface area contributed by atoms with Crippen LogP contribution in [0.5, 0.6) is 5.75 Å². The lowest BCUT2D eigenvalue weighted by atomic mass is 10.1. The maximum absolute atomic E-state index is 13.1. The fourth-order valence-electron chi connectivity index (χ4n) is 1.76. The first kappa shape index (κ1) is 13.3. The highest BCUT2D eigenvalue weighted by molar-refractivity contribution is 5.97. The number of hydrogen-bond acceptors (Lipinski definition) is 2. The molecule has 0 aliphatic carbocycles. The third-order valence-electron chi connectivity index (χ3n) is 2.84. The molecule has 0 atom stereocenters. The monoisotopic (exact) mass is 258 g/mol. The molecule has 2 nitrogen and oxygen atoms in total. The smallest absolute Gasteiger partial charge is 0.200 e. The highest BCUT2D eigenvalue weighted by Crippen LogP contribution is 2.16. The van der Waals surface area contributed by atoms with Crippen LogP contribution in [-0.4, -0.2) is 12.4 Å². The summed E-state index contributed by atoms with van der Waals surface area (Å²) in [6.45, 7) is 3.54. The third-order valence-corrected chi connectivity index (χ3v) is 2.84. The zero-order valence-electron chi connectivity index (χ0n) is 10.9. The number of halogens is 1. The molecule has 0 N–H and O–H groups in total. The van der Waals surface area contributed by atoms with E-state index in [1.165, 1.54) is 12.1 Å². The zero-order chi connectivity index (χ0) is 13.8. The van der Waals surface area contributed by atoms with E-state index in [1.807, 2.05) is 25.1 Å². The van der Waals surface area contributed by atoms with Crippen molar-refractivity contribution in [1.82, 2.24) is 0 Å². The van der Waals surface area contributed by atoms with Gasteiger partial charge in [-0.05, 0) is 43.7 Å². The van der Waals surface area contributed by atoms with Gasteiger partial charge in [-0.1, -0.05) is 23.8 Å². The summed E-state index contributed by atoms with van der Waals surface area (Å²) in [5.41, 5.74) is 2.16. The molecule has 0 saturated heterocycles. The van der Waals surface area contributed by atoms with Crippen LogP contribution in [0.25, 0.3) is 0 Å². The highest BCUT2D eigenvalue weighted by Gasteiger charge is 2.07. The first-order chi connectivity index (χ1) is 9.06. The number of ether oxygens (including phenoxy) is 1. The quantitative estimate of drug-likeness (QED) is 0.781. The van der Waals surface area contributed by atoms with Gasteiger partial charge in [-0.3, -0.25) is 4.79 Å². The Morgan fingerprint density at radius 1 is 1.16 bits per heavy atom. The van der Waals surface area contributed by atoms with Gasteiger partial charge in [-0.2, -0.15) is 0 Å². The summed E-state index contributed by atoms with van der Waals surface area (Å²) in [6, 6.07) is 11.8. The number of Topliss-reactive ketones (excluding diaryl/α,β-unsaturated/α-hetero) is 1. The minimum atomic E-state index is -0.280. The molecule has 0 heterocycles. The van der Waals surface area contributed by atoms with Crippen LogP contribution in [0.4, 0.5) is 4.39 Å². The van der Waals surface area contributed by atoms with Crippen molar-refractivity contribution in [3.05, 3.63) is 65.0 Å². The molecule has 0 amide bonds. The maximum Gasteiger partial charge on any atom is 0.200 e. The van der Waals surface area contributed by atoms with E-state index in [0.717, 1.165) is 5.56 Å². The van der Waals surface area contributed by atoms with E-state index >= 15 is 0 Å². The van der Waals surface area contributed by atoms with Gasteiger partial charge >= 0.3 is 0 Å². The maximum atomic E-state index is 13.1. The van der Waals surface area contributed by atoms with Crippen LogP contribution in [0, 0.1) is 19.7 Å². The predicted molar refractivity (Wildman–Crippen MR) is 72.1 cm³/mol. The molecule has 0 radical (unpaired) electrons. The molecular weight excluding hydrogens is 243 g/mol. The lowest BCUT2D eigenvalue weighted by Gasteiger charge is -2.07. The van der Waals surface area contributed by atoms with Crippen LogP contribution in [0.3, 0.4) is 0 Å². The largest absolute Gasteiger partial charge is 0.485 e. The van der Waals surface area contributed by atoms with Crippen molar-refractivity contribution in [2.24, 2.45) is 0 Å². The van der Waals surface area contributed by atoms with Crippen LogP contribution in [0.1, 0.15) is 21.5 Å². The Balaban J connectivity index is 2.02. The summed E-state index contributed by atoms with van der Waals surface area (Å²) in [5, 5.41) is 0. The Kier molecular flexibility index (Phi) is 3.95. The summed E-state index contributed by atoms with van der Waals surface area (Å²) < 4.78 is 18.5. The molecule has 0 fully saturated rings. The molecule has 2 aromatic carbocycles. The molecule has 98 valence electrons. The summed E-state index contributed by atoms with van der Waals surface area (Å²) in [7, 11) is 0. The van der Waals surface area contributed by atoms with E-state index < -0.39 is 0 Å². The van der Waals surface area contributed by atoms with Crippen molar-refractivity contribution in [3.8, 4) is 5.75 Å². The minimum Gasteiger partial charge on any atom is -0.485 e. The van der Waals surface area contributed by atoms with Gasteiger partial charge in [0.05, 0.1) is 0 Å². The molecule has 0 unspecified atom stereocenters. The van der Waals surface area contributed by atoms with Gasteiger partial charge in [0.25, 0.3) is 0 Å². The van der Waals surface area contributed by atoms with Crippen molar-refractivity contribution >= 4 is 5.78 Å². The van der Waals surface area contributed by atoms with Gasteiger partial charge in [-0.15, -0.1) is 0 Å². The second kappa shape index (κ2) is 5.65. The van der Waals surface area contributed by atoms with Gasteiger partial charge < -0.3 is 4.74 Å². The number of carbonyl (C=O) groups excluding carboxylic acids is 1. The van der Waals surface area contributed by atoms with Crippen molar-refractivity contribution in [3.63, 3.8) is 0 Å². The molecule has 0 aromatic heterocycles. The van der Waals surface area contributed by atoms with E-state index in [-0.39, 0.29) is 18.2 Å². The van der Waals surface area contributed by atoms with Crippen molar-refractivity contribution < 1.29 is 13.9 Å². The number of ketones is 1. The number of benzene rings is 2. The topological polar surface area (TPSA) is 26.3 Å². The Morgan fingerprint density at radius 3 is 2.63 bits per heavy atom. The molecule has 0 aliphatic heterocycles. The van der Waals surface area contributed by atoms with E-state index in [4.69, 9.17) is 4.74 Å². The number of aryl methyl sites for hydroxylation is 2. The van der Waals surface area contributed by atoms with Gasteiger partial charge in [0.2, 0.25) is 0 Å². The van der Waals surface area contributed by atoms with E-state index in [2.05, 4.69) is 0 Å². The minimum absolute atomic E-state index is 0.0471. The van der Waals surface area contributed by atoms with E-state index in [1.54, 1.807) is 19.1 Å². The number of rotatable bonds is 4. The lowest BCUT2D eigenvalue weighted by Crippen LogP contribution is -2.11. The predicted octanol–water partition coefficient (Wildman–Crippen LogP) is 3.70. The van der Waals surface area contributed by atoms with Gasteiger partial charge in [0.15, 0.2) is 12.4 Å². The molecule has 3 heteroatoms. The average Bonchev–Trinajstić information content (AvgIpc) is 2.40. The summed E-state index contributed by atoms with van der Waals surface area (Å²) in [5.74, 6) is 0.128. The highest BCUT2D eigenvalue weighted by atomic mass is 19.1. The number of carbonyl (C=O) groups is 1. The Bertz CT molecular complexity index is 605. The molecule has 2 aromatic rings. The summed E-state index contributed by atoms with van der Waals surface area (Å²) in [4.78, 5) is 11.9. The van der Waals surface area contributed by atoms with Crippen LogP contribution in [-0.2, 0) is 0 Å². The second-order valence-electron chi connectivity index (χ2n) is 4.49. The number of hydrogen-bond donors (Lipinski definition) is 0. The molecule has 0 bridgehead atoms. The van der Waals surface area contributed by atoms with Crippen LogP contribution < -0.4 is 4.74 Å². The molecule has 2 rings (SSSR count). The molecule has 0 aliphatic rings. The Morgan fingerprint density at radius 2 is 1.95 bits per heavy atom. The second-order valence-corrected chi connectivity index (χ2v) is 4.49. The lowest BCUT2D eigenvalue weighted by molar-refractivity contribution is 0.0921. The van der Waals surface area contributed by atoms with E-state index in [9.17, 15) is 9.18 Å². The first-order valence-electron chi connectivity index (χ1n) is 6.05. The normalized spacial score (nSPS) is 10.3. The SMILES string of the molecule is Cc1cccc(C(=O)COc2ccc(F)c(C)c2)c1. The standard InChI is InChI=1S/C16H15FO2/c1-11-4-3-5-13(8-11)16(18)10-19-14-6-7-15(17)12(2)9-14/h3-9H,10H2,1-2H3. The first-order valence-corrected chi connectivity index (χ1v) is 6.05. The summed E-state index contributed by atoms with van der Waals surface area (Å²) >= 11 is 0. The fourth-order valence-corrected chi connectivity index (χ4v) is 1.76. The molecule has 0 saturated carbocycles. The van der Waals surface area contributed by atoms with Crippen LogP contribution in [0.15, 0.2) is 42.5 Å². The van der Waals surface area contributed by atoms with Crippen molar-refractivity contribution in [1.29, 1.82) is 0 Å². The van der Waals surface area contributed by atoms with E-state index in [0.29, 0.717) is 16.9 Å². The average molecular weight is 258 g/mol. The van der Waals surface area contributed by atoms with Crippen LogP contribution in [0.2, 0.25) is 0 Å². The molecular formula is C16H15FO2. The molecule has 0 spiro atoms. The van der Waals surface area contributed by atoms with Crippen LogP contribution >= 0.6 is 0 Å². The van der Waals surface area contributed by atoms with Gasteiger partial charge in [0.1, 0.15) is 11.6 Å². The van der Waals surface area contributed by atoms with Crippen molar-refractivity contribution in [2.75, 3.05) is 6.61 Å². The van der Waals surface area contributed by atoms with Gasteiger partial charge in [-0.25, -0.2) is 4.39 Å². The third kappa shape index (κ3) is 3.41. The van der Waals surface area contributed by atoms with Gasteiger partial charge in [0, 0.05) is 5.56 Å². The fraction of sp³-hybridized carbons (Fsp3) is 0.188.